The lowest BCUT2D eigenvalue weighted by atomic mass is 10.0. The molecule has 0 N–H and O–H groups in total. The molecule has 0 aliphatic rings. The van der Waals surface area contributed by atoms with Crippen LogP contribution in [0.2, 0.25) is 0 Å². The molecule has 0 saturated heterocycles. The van der Waals surface area contributed by atoms with Crippen molar-refractivity contribution in [1.29, 1.82) is 0 Å². The van der Waals surface area contributed by atoms with Crippen LogP contribution in [0.3, 0.4) is 0 Å². The second-order valence-corrected chi connectivity index (χ2v) is 19.6. The highest BCUT2D eigenvalue weighted by atomic mass is 16.6. The molecular weight excluding hydrogens is 841 g/mol. The maximum atomic E-state index is 12.9. The van der Waals surface area contributed by atoms with Gasteiger partial charge in [-0.25, -0.2) is 0 Å². The van der Waals surface area contributed by atoms with Crippen LogP contribution in [0.4, 0.5) is 0 Å². The highest BCUT2D eigenvalue weighted by Gasteiger charge is 2.19. The SMILES string of the molecule is CC/C=C/C=C/C=C/C=C/CCCCCC(=O)OCC(COC(=O)CCCCCCCCCCCCCCCCCCCCC)OC(=O)CCCCCCC/C=C/CCCCCCCCCCC. The van der Waals surface area contributed by atoms with Crippen LogP contribution in [0.15, 0.2) is 60.8 Å². The van der Waals surface area contributed by atoms with Gasteiger partial charge in [0.1, 0.15) is 13.2 Å². The van der Waals surface area contributed by atoms with Gasteiger partial charge < -0.3 is 14.2 Å². The first kappa shape index (κ1) is 65.1. The summed E-state index contributed by atoms with van der Waals surface area (Å²) in [6, 6.07) is 0. The van der Waals surface area contributed by atoms with E-state index < -0.39 is 6.10 Å². The van der Waals surface area contributed by atoms with Gasteiger partial charge in [0.15, 0.2) is 6.10 Å². The lowest BCUT2D eigenvalue weighted by molar-refractivity contribution is -0.167. The molecule has 0 aliphatic heterocycles. The van der Waals surface area contributed by atoms with Crippen LogP contribution in [-0.4, -0.2) is 37.2 Å². The van der Waals surface area contributed by atoms with Gasteiger partial charge in [-0.3, -0.25) is 14.4 Å². The second kappa shape index (κ2) is 56.7. The molecule has 394 valence electrons. The summed E-state index contributed by atoms with van der Waals surface area (Å²) in [6.07, 6.45) is 70.8. The Morgan fingerprint density at radius 1 is 0.309 bits per heavy atom. The molecule has 0 amide bonds. The summed E-state index contributed by atoms with van der Waals surface area (Å²) in [7, 11) is 0. The maximum absolute atomic E-state index is 12.9. The van der Waals surface area contributed by atoms with Crippen molar-refractivity contribution in [2.24, 2.45) is 0 Å². The Hall–Kier alpha value is -2.89. The molecule has 0 aromatic heterocycles. The molecule has 0 bridgehead atoms. The molecule has 0 fully saturated rings. The van der Waals surface area contributed by atoms with Crippen LogP contribution >= 0.6 is 0 Å². The number of hydrogen-bond acceptors (Lipinski definition) is 6. The summed E-state index contributed by atoms with van der Waals surface area (Å²) in [5, 5.41) is 0. The topological polar surface area (TPSA) is 78.9 Å². The van der Waals surface area contributed by atoms with E-state index in [0.29, 0.717) is 19.3 Å². The average molecular weight is 952 g/mol. The van der Waals surface area contributed by atoms with Gasteiger partial charge in [0.25, 0.3) is 0 Å². The van der Waals surface area contributed by atoms with Crippen LogP contribution < -0.4 is 0 Å². The minimum atomic E-state index is -0.793. The quantitative estimate of drug-likeness (QED) is 0.0199. The molecule has 0 aliphatic carbocycles. The standard InChI is InChI=1S/C62H110O6/c1-4-7-10-13-16-19-22-25-27-29-31-33-34-37-40-43-46-49-52-55-61(64)67-58-59(57-66-60(63)54-51-48-45-42-39-36-24-21-18-15-12-9-6-3)68-62(65)56-53-50-47-44-41-38-35-32-30-28-26-23-20-17-14-11-8-5-2/h9,12,15,18,21,24,32,35-36,39,59H,4-8,10-11,13-14,16-17,19-20,22-23,25-31,33-34,37-38,40-58H2,1-3H3/b12-9+,18-15+,24-21+,35-32+,39-36+. The van der Waals surface area contributed by atoms with Gasteiger partial charge >= 0.3 is 17.9 Å². The lowest BCUT2D eigenvalue weighted by Gasteiger charge is -2.18. The van der Waals surface area contributed by atoms with E-state index in [4.69, 9.17) is 14.2 Å². The lowest BCUT2D eigenvalue weighted by Crippen LogP contribution is -2.30. The van der Waals surface area contributed by atoms with Gasteiger partial charge in [-0.15, -0.1) is 0 Å². The Bertz CT molecular complexity index is 1230. The number of allylic oxidation sites excluding steroid dienone is 10. The average Bonchev–Trinajstić information content (AvgIpc) is 3.34. The van der Waals surface area contributed by atoms with E-state index >= 15 is 0 Å². The Labute approximate surface area is 421 Å². The van der Waals surface area contributed by atoms with Gasteiger partial charge in [-0.05, 0) is 64.2 Å². The number of ether oxygens (including phenoxy) is 3. The summed E-state index contributed by atoms with van der Waals surface area (Å²) in [6.45, 7) is 6.50. The number of rotatable bonds is 53. The fourth-order valence-corrected chi connectivity index (χ4v) is 8.45. The zero-order valence-electron chi connectivity index (χ0n) is 45.1. The molecule has 1 unspecified atom stereocenters. The molecular formula is C62H110O6. The van der Waals surface area contributed by atoms with Crippen molar-refractivity contribution in [2.45, 2.75) is 303 Å². The zero-order chi connectivity index (χ0) is 49.3. The summed E-state index contributed by atoms with van der Waals surface area (Å²) >= 11 is 0. The molecule has 1 atom stereocenters. The number of carbonyl (C=O) groups excluding carboxylic acids is 3. The third-order valence-electron chi connectivity index (χ3n) is 12.9. The first-order valence-electron chi connectivity index (χ1n) is 29.3. The van der Waals surface area contributed by atoms with Crippen LogP contribution in [0.5, 0.6) is 0 Å². The molecule has 0 heterocycles. The van der Waals surface area contributed by atoms with Crippen molar-refractivity contribution in [2.75, 3.05) is 13.2 Å². The smallest absolute Gasteiger partial charge is 0.306 e. The van der Waals surface area contributed by atoms with Gasteiger partial charge in [0.05, 0.1) is 0 Å². The monoisotopic (exact) mass is 951 g/mol. The molecule has 0 aromatic rings. The van der Waals surface area contributed by atoms with Crippen molar-refractivity contribution < 1.29 is 28.6 Å². The fourth-order valence-electron chi connectivity index (χ4n) is 8.45. The Morgan fingerprint density at radius 2 is 0.588 bits per heavy atom. The third kappa shape index (κ3) is 54.1. The normalized spacial score (nSPS) is 12.5. The Kier molecular flexibility index (Phi) is 54.3. The fraction of sp³-hybridized carbons (Fsp3) is 0.790. The molecule has 68 heavy (non-hydrogen) atoms. The van der Waals surface area contributed by atoms with E-state index in [9.17, 15) is 14.4 Å². The highest BCUT2D eigenvalue weighted by Crippen LogP contribution is 2.17. The molecule has 6 heteroatoms. The number of carbonyl (C=O) groups is 3. The van der Waals surface area contributed by atoms with E-state index in [1.54, 1.807) is 0 Å². The van der Waals surface area contributed by atoms with Crippen LogP contribution in [-0.2, 0) is 28.6 Å². The van der Waals surface area contributed by atoms with E-state index in [-0.39, 0.29) is 31.1 Å². The zero-order valence-corrected chi connectivity index (χ0v) is 45.1. The van der Waals surface area contributed by atoms with Gasteiger partial charge in [-0.1, -0.05) is 274 Å². The molecule has 0 rings (SSSR count). The first-order valence-corrected chi connectivity index (χ1v) is 29.3. The molecule has 0 spiro atoms. The van der Waals surface area contributed by atoms with Crippen LogP contribution in [0.1, 0.15) is 297 Å². The predicted molar refractivity (Wildman–Crippen MR) is 293 cm³/mol. The maximum Gasteiger partial charge on any atom is 0.306 e. The van der Waals surface area contributed by atoms with E-state index in [0.717, 1.165) is 83.5 Å². The molecule has 6 nitrogen and oxygen atoms in total. The summed E-state index contributed by atoms with van der Waals surface area (Å²) in [4.78, 5) is 38.1. The van der Waals surface area contributed by atoms with E-state index in [2.05, 4.69) is 51.2 Å². The van der Waals surface area contributed by atoms with Crippen LogP contribution in [0.25, 0.3) is 0 Å². The molecule has 0 radical (unpaired) electrons. The van der Waals surface area contributed by atoms with Crippen LogP contribution in [0, 0.1) is 0 Å². The third-order valence-corrected chi connectivity index (χ3v) is 12.9. The number of esters is 3. The summed E-state index contributed by atoms with van der Waals surface area (Å²) in [5.41, 5.74) is 0. The van der Waals surface area contributed by atoms with E-state index in [1.165, 1.54) is 173 Å². The van der Waals surface area contributed by atoms with Crippen molar-refractivity contribution in [3.05, 3.63) is 60.8 Å². The minimum Gasteiger partial charge on any atom is -0.462 e. The highest BCUT2D eigenvalue weighted by molar-refractivity contribution is 5.71. The Morgan fingerprint density at radius 3 is 0.956 bits per heavy atom. The minimum absolute atomic E-state index is 0.0877. The largest absolute Gasteiger partial charge is 0.462 e. The number of unbranched alkanes of at least 4 members (excludes halogenated alkanes) is 35. The summed E-state index contributed by atoms with van der Waals surface area (Å²) < 4.78 is 16.8. The first-order chi connectivity index (χ1) is 33.5. The van der Waals surface area contributed by atoms with Gasteiger partial charge in [0, 0.05) is 19.3 Å². The van der Waals surface area contributed by atoms with Crippen molar-refractivity contribution in [3.63, 3.8) is 0 Å². The molecule has 0 aromatic carbocycles. The van der Waals surface area contributed by atoms with Crippen molar-refractivity contribution in [3.8, 4) is 0 Å². The van der Waals surface area contributed by atoms with Gasteiger partial charge in [0.2, 0.25) is 0 Å². The second-order valence-electron chi connectivity index (χ2n) is 19.6. The van der Waals surface area contributed by atoms with E-state index in [1.807, 2.05) is 30.4 Å². The summed E-state index contributed by atoms with van der Waals surface area (Å²) in [5.74, 6) is -0.924. The molecule has 0 saturated carbocycles. The van der Waals surface area contributed by atoms with Gasteiger partial charge in [-0.2, -0.15) is 0 Å². The predicted octanol–water partition coefficient (Wildman–Crippen LogP) is 19.6. The number of hydrogen-bond donors (Lipinski definition) is 0. The Balaban J connectivity index is 4.37. The van der Waals surface area contributed by atoms with Crippen molar-refractivity contribution in [1.82, 2.24) is 0 Å². The van der Waals surface area contributed by atoms with Crippen molar-refractivity contribution >= 4 is 17.9 Å².